The molecule has 1 aromatic heterocycles. The molecule has 0 saturated carbocycles. The second-order valence-electron chi connectivity index (χ2n) is 3.97. The maximum Gasteiger partial charge on any atom is 0.316 e. The molecule has 0 radical (unpaired) electrons. The number of nitrogens with zero attached hydrogens (tertiary/aromatic N) is 5. The van der Waals surface area contributed by atoms with Crippen molar-refractivity contribution < 1.29 is 9.47 Å². The van der Waals surface area contributed by atoms with Gasteiger partial charge in [-0.15, -0.1) is 0 Å². The van der Waals surface area contributed by atoms with Crippen LogP contribution in [0.25, 0.3) is 0 Å². The van der Waals surface area contributed by atoms with Crippen molar-refractivity contribution in [1.82, 2.24) is 14.9 Å². The molecule has 1 aromatic rings. The van der Waals surface area contributed by atoms with Crippen molar-refractivity contribution in [2.24, 2.45) is 21.5 Å². The lowest BCUT2D eigenvalue weighted by Crippen LogP contribution is -2.45. The zero-order valence-electron chi connectivity index (χ0n) is 11.2. The van der Waals surface area contributed by atoms with Crippen molar-refractivity contribution in [2.45, 2.75) is 0 Å². The first-order chi connectivity index (χ1) is 9.69. The summed E-state index contributed by atoms with van der Waals surface area (Å²) < 4.78 is 10.1. The summed E-state index contributed by atoms with van der Waals surface area (Å²) in [5.41, 5.74) is 12.1. The molecule has 0 aliphatic carbocycles. The van der Waals surface area contributed by atoms with E-state index < -0.39 is 0 Å². The van der Waals surface area contributed by atoms with Gasteiger partial charge in [0.1, 0.15) is 5.69 Å². The molecular formula is C11H17N7O2. The van der Waals surface area contributed by atoms with Gasteiger partial charge in [0, 0.05) is 13.1 Å². The Morgan fingerprint density at radius 3 is 2.55 bits per heavy atom. The molecule has 1 fully saturated rings. The van der Waals surface area contributed by atoms with Gasteiger partial charge in [0.15, 0.2) is 5.96 Å². The molecule has 2 heterocycles. The highest BCUT2D eigenvalue weighted by molar-refractivity contribution is 5.94. The number of rotatable bonds is 2. The largest absolute Gasteiger partial charge is 0.467 e. The van der Waals surface area contributed by atoms with E-state index in [9.17, 15) is 0 Å². The number of hydrogen-bond donors (Lipinski definition) is 2. The highest BCUT2D eigenvalue weighted by atomic mass is 16.5. The molecule has 1 saturated heterocycles. The topological polar surface area (TPSA) is 124 Å². The summed E-state index contributed by atoms with van der Waals surface area (Å²) in [6, 6.07) is 0.263. The van der Waals surface area contributed by atoms with Crippen LogP contribution in [0.3, 0.4) is 0 Å². The highest BCUT2D eigenvalue weighted by Gasteiger charge is 2.12. The minimum Gasteiger partial charge on any atom is -0.467 e. The highest BCUT2D eigenvalue weighted by Crippen LogP contribution is 2.10. The lowest BCUT2D eigenvalue weighted by molar-refractivity contribution is 0.0676. The molecule has 2 rings (SSSR count). The molecule has 0 amide bonds. The van der Waals surface area contributed by atoms with Crippen LogP contribution >= 0.6 is 0 Å². The van der Waals surface area contributed by atoms with Gasteiger partial charge >= 0.3 is 6.01 Å². The number of nitrogens with two attached hydrogens (primary N) is 2. The van der Waals surface area contributed by atoms with Crippen molar-refractivity contribution in [2.75, 3.05) is 33.4 Å². The van der Waals surface area contributed by atoms with Gasteiger partial charge in [0.25, 0.3) is 0 Å². The molecule has 0 atom stereocenters. The van der Waals surface area contributed by atoms with Crippen LogP contribution in [0.4, 0.5) is 5.69 Å². The molecule has 4 N–H and O–H groups in total. The van der Waals surface area contributed by atoms with E-state index in [4.69, 9.17) is 20.9 Å². The van der Waals surface area contributed by atoms with Gasteiger partial charge < -0.3 is 25.8 Å². The van der Waals surface area contributed by atoms with Gasteiger partial charge in [-0.2, -0.15) is 4.99 Å². The van der Waals surface area contributed by atoms with E-state index in [0.717, 1.165) is 0 Å². The summed E-state index contributed by atoms with van der Waals surface area (Å²) >= 11 is 0. The van der Waals surface area contributed by atoms with Gasteiger partial charge in [-0.05, 0) is 0 Å². The third-order valence-electron chi connectivity index (χ3n) is 2.60. The fourth-order valence-corrected chi connectivity index (χ4v) is 1.61. The minimum absolute atomic E-state index is 0.0442. The van der Waals surface area contributed by atoms with Crippen molar-refractivity contribution >= 4 is 17.6 Å². The quantitative estimate of drug-likeness (QED) is 0.529. The maximum atomic E-state index is 5.86. The van der Waals surface area contributed by atoms with E-state index >= 15 is 0 Å². The third-order valence-corrected chi connectivity index (χ3v) is 2.60. The number of ether oxygens (including phenoxy) is 2. The smallest absolute Gasteiger partial charge is 0.316 e. The Morgan fingerprint density at radius 1 is 1.30 bits per heavy atom. The van der Waals surface area contributed by atoms with Crippen molar-refractivity contribution in [3.8, 4) is 6.01 Å². The first-order valence-electron chi connectivity index (χ1n) is 6.06. The van der Waals surface area contributed by atoms with Crippen LogP contribution in [-0.4, -0.2) is 60.2 Å². The Kier molecular flexibility index (Phi) is 4.66. The molecule has 0 bridgehead atoms. The van der Waals surface area contributed by atoms with Crippen molar-refractivity contribution in [3.05, 3.63) is 12.4 Å². The molecule has 0 unspecified atom stereocenters. The van der Waals surface area contributed by atoms with Crippen LogP contribution in [0.15, 0.2) is 22.4 Å². The summed E-state index contributed by atoms with van der Waals surface area (Å²) in [7, 11) is 1.49. The first kappa shape index (κ1) is 14.0. The first-order valence-corrected chi connectivity index (χ1v) is 6.06. The number of aromatic nitrogens is 2. The van der Waals surface area contributed by atoms with Crippen molar-refractivity contribution in [3.63, 3.8) is 0 Å². The zero-order chi connectivity index (χ0) is 14.4. The predicted octanol–water partition coefficient (Wildman–Crippen LogP) is -0.922. The van der Waals surface area contributed by atoms with Crippen molar-refractivity contribution in [1.29, 1.82) is 0 Å². The monoisotopic (exact) mass is 279 g/mol. The summed E-state index contributed by atoms with van der Waals surface area (Å²) in [5.74, 6) is 0.367. The number of guanidine groups is 2. The average Bonchev–Trinajstić information content (AvgIpc) is 2.49. The molecule has 9 nitrogen and oxygen atoms in total. The van der Waals surface area contributed by atoms with E-state index in [1.807, 2.05) is 4.90 Å². The number of methoxy groups -OCH3 is 1. The molecule has 9 heteroatoms. The van der Waals surface area contributed by atoms with Crippen LogP contribution in [-0.2, 0) is 4.74 Å². The normalized spacial score (nSPS) is 17.1. The lowest BCUT2D eigenvalue weighted by Gasteiger charge is -2.27. The van der Waals surface area contributed by atoms with Crippen LogP contribution in [0, 0.1) is 0 Å². The Hall–Kier alpha value is -2.42. The molecule has 1 aliphatic heterocycles. The van der Waals surface area contributed by atoms with Crippen LogP contribution in [0.1, 0.15) is 0 Å². The number of morpholine rings is 1. The SMILES string of the molecule is COc1ncc(N=C(N)N=C(N)N2CCOCC2)cn1. The summed E-state index contributed by atoms with van der Waals surface area (Å²) in [6.07, 6.45) is 2.97. The molecule has 1 aliphatic rings. The zero-order valence-corrected chi connectivity index (χ0v) is 11.2. The predicted molar refractivity (Wildman–Crippen MR) is 73.9 cm³/mol. The molecular weight excluding hydrogens is 262 g/mol. The van der Waals surface area contributed by atoms with Crippen LogP contribution < -0.4 is 16.2 Å². The fraction of sp³-hybridized carbons (Fsp3) is 0.455. The molecule has 20 heavy (non-hydrogen) atoms. The van der Waals surface area contributed by atoms with E-state index in [2.05, 4.69) is 20.0 Å². The summed E-state index contributed by atoms with van der Waals surface area (Å²) in [6.45, 7) is 2.63. The Morgan fingerprint density at radius 2 is 1.95 bits per heavy atom. The molecule has 0 aromatic carbocycles. The fourth-order valence-electron chi connectivity index (χ4n) is 1.61. The Labute approximate surface area is 116 Å². The summed E-state index contributed by atoms with van der Waals surface area (Å²) in [4.78, 5) is 17.8. The number of aliphatic imine (C=N–C) groups is 2. The van der Waals surface area contributed by atoms with Crippen LogP contribution in [0.2, 0.25) is 0 Å². The van der Waals surface area contributed by atoms with Crippen LogP contribution in [0.5, 0.6) is 6.01 Å². The van der Waals surface area contributed by atoms with Gasteiger partial charge in [-0.1, -0.05) is 0 Å². The van der Waals surface area contributed by atoms with E-state index in [1.54, 1.807) is 0 Å². The lowest BCUT2D eigenvalue weighted by atomic mass is 10.4. The van der Waals surface area contributed by atoms with Gasteiger partial charge in [0.05, 0.1) is 32.7 Å². The average molecular weight is 279 g/mol. The van der Waals surface area contributed by atoms with Gasteiger partial charge in [-0.25, -0.2) is 15.0 Å². The van der Waals surface area contributed by atoms with E-state index in [0.29, 0.717) is 38.0 Å². The second kappa shape index (κ2) is 6.66. The van der Waals surface area contributed by atoms with Gasteiger partial charge in [0.2, 0.25) is 5.96 Å². The third kappa shape index (κ3) is 3.79. The Bertz CT molecular complexity index is 494. The maximum absolute atomic E-state index is 5.86. The molecule has 108 valence electrons. The minimum atomic E-state index is 0.0442. The van der Waals surface area contributed by atoms with E-state index in [-0.39, 0.29) is 12.0 Å². The number of hydrogen-bond acceptors (Lipinski definition) is 5. The van der Waals surface area contributed by atoms with E-state index in [1.165, 1.54) is 19.5 Å². The standard InChI is InChI=1S/C11H17N7O2/c1-19-11-14-6-8(7-15-11)16-9(12)17-10(13)18-2-4-20-5-3-18/h6-7H,2-5H2,1H3,(H4,12,13,16,17). The van der Waals surface area contributed by atoms with Gasteiger partial charge in [-0.3, -0.25) is 0 Å². The second-order valence-corrected chi connectivity index (χ2v) is 3.97. The summed E-state index contributed by atoms with van der Waals surface area (Å²) in [5, 5.41) is 0. The Balaban J connectivity index is 2.04. The molecule has 0 spiro atoms.